The van der Waals surface area contributed by atoms with Crippen LogP contribution >= 0.6 is 0 Å². The van der Waals surface area contributed by atoms with E-state index in [2.05, 4.69) is 40.5 Å². The van der Waals surface area contributed by atoms with Crippen LogP contribution in [0.4, 0.5) is 5.69 Å². The summed E-state index contributed by atoms with van der Waals surface area (Å²) in [7, 11) is 0. The van der Waals surface area contributed by atoms with Crippen LogP contribution in [0.25, 0.3) is 11.1 Å². The number of nitrogens with zero attached hydrogens (tertiary/aromatic N) is 2. The molecule has 1 aromatic heterocycles. The van der Waals surface area contributed by atoms with Gasteiger partial charge in [-0.3, -0.25) is 9.59 Å². The van der Waals surface area contributed by atoms with E-state index in [0.29, 0.717) is 11.8 Å². The lowest BCUT2D eigenvalue weighted by molar-refractivity contribution is -0.114. The highest BCUT2D eigenvalue weighted by atomic mass is 16.1. The third kappa shape index (κ3) is 4.79. The Kier molecular flexibility index (Phi) is 6.14. The van der Waals surface area contributed by atoms with Gasteiger partial charge < -0.3 is 14.8 Å². The zero-order valence-corrected chi connectivity index (χ0v) is 19.2. The van der Waals surface area contributed by atoms with Gasteiger partial charge >= 0.3 is 0 Å². The van der Waals surface area contributed by atoms with Gasteiger partial charge in [-0.25, -0.2) is 0 Å². The van der Waals surface area contributed by atoms with E-state index in [1.54, 1.807) is 6.07 Å². The molecule has 33 heavy (non-hydrogen) atoms. The molecule has 2 bridgehead atoms. The Morgan fingerprint density at radius 1 is 0.970 bits per heavy atom. The van der Waals surface area contributed by atoms with E-state index in [0.717, 1.165) is 62.3 Å². The predicted octanol–water partition coefficient (Wildman–Crippen LogP) is 4.53. The molecular formula is C28H31N3O2. The summed E-state index contributed by atoms with van der Waals surface area (Å²) in [5.74, 6) is 0.822. The summed E-state index contributed by atoms with van der Waals surface area (Å²) in [5, 5.41) is 2.83. The molecule has 1 saturated heterocycles. The number of amides is 1. The third-order valence-electron chi connectivity index (χ3n) is 6.96. The van der Waals surface area contributed by atoms with Crippen molar-refractivity contribution in [1.82, 2.24) is 9.47 Å². The van der Waals surface area contributed by atoms with Crippen LogP contribution in [0.5, 0.6) is 0 Å². The third-order valence-corrected chi connectivity index (χ3v) is 6.96. The van der Waals surface area contributed by atoms with E-state index >= 15 is 0 Å². The van der Waals surface area contributed by atoms with Crippen LogP contribution in [0.15, 0.2) is 71.5 Å². The molecule has 3 heterocycles. The number of carbonyl (C=O) groups excluding carboxylic acids is 1. The molecule has 0 aliphatic carbocycles. The van der Waals surface area contributed by atoms with Crippen molar-refractivity contribution in [2.45, 2.75) is 38.6 Å². The number of rotatable bonds is 6. The molecule has 5 heteroatoms. The first-order valence-electron chi connectivity index (χ1n) is 11.9. The summed E-state index contributed by atoms with van der Waals surface area (Å²) in [6.45, 7) is 5.49. The fourth-order valence-electron chi connectivity index (χ4n) is 5.63. The van der Waals surface area contributed by atoms with Crippen LogP contribution in [0.2, 0.25) is 0 Å². The van der Waals surface area contributed by atoms with E-state index < -0.39 is 0 Å². The van der Waals surface area contributed by atoms with Gasteiger partial charge in [0.05, 0.1) is 0 Å². The van der Waals surface area contributed by atoms with Gasteiger partial charge in [-0.15, -0.1) is 0 Å². The van der Waals surface area contributed by atoms with E-state index in [-0.39, 0.29) is 11.5 Å². The molecule has 5 nitrogen and oxygen atoms in total. The molecule has 0 unspecified atom stereocenters. The van der Waals surface area contributed by atoms with Gasteiger partial charge in [0.15, 0.2) is 0 Å². The average molecular weight is 442 g/mol. The minimum absolute atomic E-state index is 0.0769. The number of aryl methyl sites for hydroxylation is 1. The second-order valence-electron chi connectivity index (χ2n) is 9.49. The van der Waals surface area contributed by atoms with Crippen LogP contribution in [0.1, 0.15) is 36.9 Å². The fraction of sp³-hybridized carbons (Fsp3) is 0.357. The lowest BCUT2D eigenvalue weighted by atomic mass is 9.80. The van der Waals surface area contributed by atoms with Gasteiger partial charge in [0.25, 0.3) is 5.56 Å². The Bertz CT molecular complexity index is 1180. The summed E-state index contributed by atoms with van der Waals surface area (Å²) >= 11 is 0. The molecule has 1 fully saturated rings. The molecule has 2 aliphatic rings. The molecular weight excluding hydrogens is 410 g/mol. The number of aromatic nitrogens is 1. The average Bonchev–Trinajstić information content (AvgIpc) is 2.81. The number of nitrogens with one attached hydrogen (secondary N) is 1. The summed E-state index contributed by atoms with van der Waals surface area (Å²) in [4.78, 5) is 26.7. The van der Waals surface area contributed by atoms with Crippen molar-refractivity contribution in [3.63, 3.8) is 0 Å². The number of anilines is 1. The Hall–Kier alpha value is -3.18. The standard InChI is InChI=1S/C28H31N3O2/c1-20(32)29-25-11-9-23(10-12-25)26-13-14-27(33)31-18-22-16-24(28(26)31)19-30(17-22)15-5-8-21-6-3-2-4-7-21/h2-4,6-7,9-14,22,24H,5,8,15-19H2,1H3,(H,29,32)/t22-,24+/m0/s1. The number of hydrogen-bond donors (Lipinski definition) is 1. The Morgan fingerprint density at radius 2 is 1.76 bits per heavy atom. The topological polar surface area (TPSA) is 54.3 Å². The maximum Gasteiger partial charge on any atom is 0.250 e. The SMILES string of the molecule is CC(=O)Nc1ccc(-c2ccc(=O)n3c2[C@@H]2C[C@@H](CN(CCCc4ccccc4)C2)C3)cc1. The lowest BCUT2D eigenvalue weighted by Gasteiger charge is -2.43. The highest BCUT2D eigenvalue weighted by Gasteiger charge is 2.36. The summed E-state index contributed by atoms with van der Waals surface area (Å²) < 4.78 is 2.03. The Labute approximate surface area is 195 Å². The molecule has 170 valence electrons. The van der Waals surface area contributed by atoms with Gasteiger partial charge in [0, 0.05) is 55.5 Å². The summed E-state index contributed by atoms with van der Waals surface area (Å²) in [6.07, 6.45) is 3.41. The fourth-order valence-corrected chi connectivity index (χ4v) is 5.63. The minimum atomic E-state index is -0.0769. The van der Waals surface area contributed by atoms with Gasteiger partial charge in [-0.05, 0) is 61.1 Å². The molecule has 0 spiro atoms. The van der Waals surface area contributed by atoms with Crippen molar-refractivity contribution < 1.29 is 4.79 Å². The first kappa shape index (κ1) is 21.7. The summed E-state index contributed by atoms with van der Waals surface area (Å²) in [5.41, 5.74) is 5.70. The molecule has 1 amide bonds. The first-order chi connectivity index (χ1) is 16.1. The van der Waals surface area contributed by atoms with Crippen LogP contribution in [-0.2, 0) is 17.8 Å². The van der Waals surface area contributed by atoms with Gasteiger partial charge in [0.2, 0.25) is 5.91 Å². The van der Waals surface area contributed by atoms with Crippen LogP contribution < -0.4 is 10.9 Å². The molecule has 5 rings (SSSR count). The number of fused-ring (bicyclic) bond motifs is 4. The molecule has 3 aromatic rings. The second-order valence-corrected chi connectivity index (χ2v) is 9.49. The van der Waals surface area contributed by atoms with Crippen molar-refractivity contribution in [3.05, 3.63) is 88.3 Å². The van der Waals surface area contributed by atoms with E-state index in [9.17, 15) is 9.59 Å². The monoisotopic (exact) mass is 441 g/mol. The summed E-state index contributed by atoms with van der Waals surface area (Å²) in [6, 6.07) is 22.3. The molecule has 1 N–H and O–H groups in total. The van der Waals surface area contributed by atoms with E-state index in [1.165, 1.54) is 18.2 Å². The molecule has 2 atom stereocenters. The van der Waals surface area contributed by atoms with E-state index in [4.69, 9.17) is 0 Å². The number of likely N-dealkylation sites (tertiary alicyclic amines) is 1. The normalized spacial score (nSPS) is 19.7. The predicted molar refractivity (Wildman–Crippen MR) is 132 cm³/mol. The molecule has 2 aliphatic heterocycles. The van der Waals surface area contributed by atoms with Crippen molar-refractivity contribution in [1.29, 1.82) is 0 Å². The second kappa shape index (κ2) is 9.36. The van der Waals surface area contributed by atoms with Gasteiger partial charge in [-0.1, -0.05) is 42.5 Å². The van der Waals surface area contributed by atoms with Gasteiger partial charge in [0.1, 0.15) is 0 Å². The van der Waals surface area contributed by atoms with Crippen molar-refractivity contribution in [2.75, 3.05) is 25.0 Å². The van der Waals surface area contributed by atoms with E-state index in [1.807, 2.05) is 34.9 Å². The van der Waals surface area contributed by atoms with Crippen LogP contribution in [0, 0.1) is 5.92 Å². The maximum atomic E-state index is 12.8. The first-order valence-corrected chi connectivity index (χ1v) is 11.9. The maximum absolute atomic E-state index is 12.8. The van der Waals surface area contributed by atoms with Gasteiger partial charge in [-0.2, -0.15) is 0 Å². The largest absolute Gasteiger partial charge is 0.326 e. The van der Waals surface area contributed by atoms with Crippen LogP contribution in [-0.4, -0.2) is 35.0 Å². The molecule has 0 radical (unpaired) electrons. The van der Waals surface area contributed by atoms with Crippen LogP contribution in [0.3, 0.4) is 0 Å². The van der Waals surface area contributed by atoms with Crippen molar-refractivity contribution in [2.24, 2.45) is 5.92 Å². The van der Waals surface area contributed by atoms with Crippen molar-refractivity contribution >= 4 is 11.6 Å². The molecule has 0 saturated carbocycles. The Balaban J connectivity index is 1.36. The zero-order chi connectivity index (χ0) is 22.8. The molecule has 2 aromatic carbocycles. The minimum Gasteiger partial charge on any atom is -0.326 e. The number of piperidine rings is 1. The zero-order valence-electron chi connectivity index (χ0n) is 19.2. The lowest BCUT2D eigenvalue weighted by Crippen LogP contribution is -2.47. The number of carbonyl (C=O) groups is 1. The number of benzene rings is 2. The highest BCUT2D eigenvalue weighted by molar-refractivity contribution is 5.89. The smallest absolute Gasteiger partial charge is 0.250 e. The quantitative estimate of drug-likeness (QED) is 0.612. The number of hydrogen-bond acceptors (Lipinski definition) is 3. The number of pyridine rings is 1. The van der Waals surface area contributed by atoms with Crippen molar-refractivity contribution in [3.8, 4) is 11.1 Å². The Morgan fingerprint density at radius 3 is 2.52 bits per heavy atom. The highest BCUT2D eigenvalue weighted by Crippen LogP contribution is 2.40.